The summed E-state index contributed by atoms with van der Waals surface area (Å²) in [4.78, 5) is 12.2. The Morgan fingerprint density at radius 1 is 1.40 bits per heavy atom. The van der Waals surface area contributed by atoms with Crippen LogP contribution >= 0.6 is 15.9 Å². The predicted molar refractivity (Wildman–Crippen MR) is 81.8 cm³/mol. The molecule has 1 atom stereocenters. The average molecular weight is 335 g/mol. The van der Waals surface area contributed by atoms with Gasteiger partial charge in [0.25, 0.3) is 5.91 Å². The van der Waals surface area contributed by atoms with Crippen LogP contribution in [-0.2, 0) is 11.8 Å². The lowest BCUT2D eigenvalue weighted by Crippen LogP contribution is -2.20. The SMILES string of the molecule is Cc1nn(C)c(C)c1NC1C(=O)Nc2cccc(Br)c21. The number of hydrogen-bond acceptors (Lipinski definition) is 3. The van der Waals surface area contributed by atoms with E-state index in [9.17, 15) is 4.79 Å². The van der Waals surface area contributed by atoms with E-state index in [1.54, 1.807) is 0 Å². The van der Waals surface area contributed by atoms with Crippen LogP contribution in [0.1, 0.15) is 23.0 Å². The van der Waals surface area contributed by atoms with Crippen molar-refractivity contribution in [3.05, 3.63) is 39.6 Å². The third-order valence-electron chi connectivity index (χ3n) is 3.66. The molecular weight excluding hydrogens is 320 g/mol. The number of carbonyl (C=O) groups is 1. The first-order valence-electron chi connectivity index (χ1n) is 6.35. The van der Waals surface area contributed by atoms with Crippen molar-refractivity contribution in [2.45, 2.75) is 19.9 Å². The lowest BCUT2D eigenvalue weighted by molar-refractivity contribution is -0.116. The van der Waals surface area contributed by atoms with Crippen molar-refractivity contribution >= 4 is 33.2 Å². The smallest absolute Gasteiger partial charge is 0.251 e. The fourth-order valence-corrected chi connectivity index (χ4v) is 3.14. The van der Waals surface area contributed by atoms with E-state index >= 15 is 0 Å². The summed E-state index contributed by atoms with van der Waals surface area (Å²) in [7, 11) is 1.89. The second-order valence-corrected chi connectivity index (χ2v) is 5.79. The number of aromatic nitrogens is 2. The van der Waals surface area contributed by atoms with Gasteiger partial charge in [0.1, 0.15) is 6.04 Å². The normalized spacial score (nSPS) is 17.0. The highest BCUT2D eigenvalue weighted by Crippen LogP contribution is 2.39. The van der Waals surface area contributed by atoms with Crippen LogP contribution in [-0.4, -0.2) is 15.7 Å². The van der Waals surface area contributed by atoms with Crippen LogP contribution in [0.2, 0.25) is 0 Å². The maximum Gasteiger partial charge on any atom is 0.251 e. The average Bonchev–Trinajstić information content (AvgIpc) is 2.83. The van der Waals surface area contributed by atoms with Crippen LogP contribution in [0, 0.1) is 13.8 Å². The van der Waals surface area contributed by atoms with Gasteiger partial charge in [0.05, 0.1) is 17.1 Å². The van der Waals surface area contributed by atoms with E-state index in [2.05, 4.69) is 31.7 Å². The summed E-state index contributed by atoms with van der Waals surface area (Å²) >= 11 is 3.52. The zero-order valence-corrected chi connectivity index (χ0v) is 13.1. The van der Waals surface area contributed by atoms with E-state index < -0.39 is 6.04 Å². The highest BCUT2D eigenvalue weighted by Gasteiger charge is 2.33. The number of benzene rings is 1. The summed E-state index contributed by atoms with van der Waals surface area (Å²) in [6, 6.07) is 5.35. The zero-order chi connectivity index (χ0) is 14.4. The zero-order valence-electron chi connectivity index (χ0n) is 11.5. The summed E-state index contributed by atoms with van der Waals surface area (Å²) in [5.74, 6) is -0.0467. The van der Waals surface area contributed by atoms with Gasteiger partial charge in [-0.1, -0.05) is 22.0 Å². The van der Waals surface area contributed by atoms with Gasteiger partial charge in [0.2, 0.25) is 0 Å². The van der Waals surface area contributed by atoms with Crippen LogP contribution in [0.3, 0.4) is 0 Å². The molecule has 0 saturated carbocycles. The molecule has 0 bridgehead atoms. The number of aryl methyl sites for hydroxylation is 2. The molecule has 0 fully saturated rings. The Labute approximate surface area is 125 Å². The molecule has 6 heteroatoms. The van der Waals surface area contributed by atoms with E-state index in [0.29, 0.717) is 0 Å². The summed E-state index contributed by atoms with van der Waals surface area (Å²) < 4.78 is 2.73. The molecule has 1 aliphatic rings. The van der Waals surface area contributed by atoms with Crippen LogP contribution in [0.5, 0.6) is 0 Å². The fraction of sp³-hybridized carbons (Fsp3) is 0.286. The molecule has 0 radical (unpaired) electrons. The first kappa shape index (κ1) is 13.2. The third kappa shape index (κ3) is 1.91. The maximum atomic E-state index is 12.2. The van der Waals surface area contributed by atoms with E-state index in [-0.39, 0.29) is 5.91 Å². The molecule has 2 N–H and O–H groups in total. The highest BCUT2D eigenvalue weighted by atomic mass is 79.9. The van der Waals surface area contributed by atoms with Crippen LogP contribution < -0.4 is 10.6 Å². The molecular formula is C14H15BrN4O. The Hall–Kier alpha value is -1.82. The minimum absolute atomic E-state index is 0.0467. The van der Waals surface area contributed by atoms with Gasteiger partial charge in [0.15, 0.2) is 0 Å². The van der Waals surface area contributed by atoms with Crippen molar-refractivity contribution in [3.63, 3.8) is 0 Å². The number of nitrogens with zero attached hydrogens (tertiary/aromatic N) is 2. The monoisotopic (exact) mass is 334 g/mol. The van der Waals surface area contributed by atoms with E-state index in [0.717, 1.165) is 32.8 Å². The molecule has 3 rings (SSSR count). The molecule has 1 amide bonds. The molecule has 5 nitrogen and oxygen atoms in total. The van der Waals surface area contributed by atoms with Gasteiger partial charge < -0.3 is 10.6 Å². The van der Waals surface area contributed by atoms with Crippen LogP contribution in [0.15, 0.2) is 22.7 Å². The van der Waals surface area contributed by atoms with Crippen LogP contribution in [0.4, 0.5) is 11.4 Å². The van der Waals surface area contributed by atoms with Gasteiger partial charge in [-0.05, 0) is 26.0 Å². The molecule has 2 aromatic rings. The van der Waals surface area contributed by atoms with Gasteiger partial charge >= 0.3 is 0 Å². The lowest BCUT2D eigenvalue weighted by Gasteiger charge is -2.14. The van der Waals surface area contributed by atoms with E-state index in [1.165, 1.54) is 0 Å². The number of nitrogens with one attached hydrogen (secondary N) is 2. The van der Waals surface area contributed by atoms with Crippen molar-refractivity contribution in [1.29, 1.82) is 0 Å². The molecule has 1 unspecified atom stereocenters. The van der Waals surface area contributed by atoms with Gasteiger partial charge in [0, 0.05) is 22.8 Å². The predicted octanol–water partition coefficient (Wildman–Crippen LogP) is 2.90. The van der Waals surface area contributed by atoms with Gasteiger partial charge in [-0.2, -0.15) is 5.10 Å². The minimum atomic E-state index is -0.401. The van der Waals surface area contributed by atoms with Gasteiger partial charge in [-0.3, -0.25) is 9.48 Å². The quantitative estimate of drug-likeness (QED) is 0.887. The Morgan fingerprint density at radius 2 is 2.15 bits per heavy atom. The molecule has 1 aromatic carbocycles. The van der Waals surface area contributed by atoms with E-state index in [1.807, 2.05) is 43.8 Å². The Bertz CT molecular complexity index is 707. The molecule has 20 heavy (non-hydrogen) atoms. The molecule has 0 aliphatic carbocycles. The Kier molecular flexibility index (Phi) is 3.05. The largest absolute Gasteiger partial charge is 0.367 e. The van der Waals surface area contributed by atoms with Crippen molar-refractivity contribution in [1.82, 2.24) is 9.78 Å². The Morgan fingerprint density at radius 3 is 2.80 bits per heavy atom. The number of amides is 1. The van der Waals surface area contributed by atoms with Crippen molar-refractivity contribution < 1.29 is 4.79 Å². The molecule has 2 heterocycles. The molecule has 0 spiro atoms. The first-order chi connectivity index (χ1) is 9.49. The van der Waals surface area contributed by atoms with E-state index in [4.69, 9.17) is 0 Å². The highest BCUT2D eigenvalue weighted by molar-refractivity contribution is 9.10. The summed E-state index contributed by atoms with van der Waals surface area (Å²) in [6.07, 6.45) is 0. The first-order valence-corrected chi connectivity index (χ1v) is 7.14. The minimum Gasteiger partial charge on any atom is -0.367 e. The third-order valence-corrected chi connectivity index (χ3v) is 4.35. The second-order valence-electron chi connectivity index (χ2n) is 4.94. The van der Waals surface area contributed by atoms with Gasteiger partial charge in [-0.15, -0.1) is 0 Å². The topological polar surface area (TPSA) is 59.0 Å². The second kappa shape index (κ2) is 4.63. The lowest BCUT2D eigenvalue weighted by atomic mass is 10.1. The number of rotatable bonds is 2. The summed E-state index contributed by atoms with van der Waals surface area (Å²) in [6.45, 7) is 3.92. The van der Waals surface area contributed by atoms with Crippen molar-refractivity contribution in [2.24, 2.45) is 7.05 Å². The van der Waals surface area contributed by atoms with Gasteiger partial charge in [-0.25, -0.2) is 0 Å². The molecule has 0 saturated heterocycles. The summed E-state index contributed by atoms with van der Waals surface area (Å²) in [5, 5.41) is 10.6. The Balaban J connectivity index is 2.02. The molecule has 1 aliphatic heterocycles. The summed E-state index contributed by atoms with van der Waals surface area (Å²) in [5.41, 5.74) is 4.60. The fourth-order valence-electron chi connectivity index (χ4n) is 2.54. The van der Waals surface area contributed by atoms with Crippen molar-refractivity contribution in [2.75, 3.05) is 10.6 Å². The number of hydrogen-bond donors (Lipinski definition) is 2. The standard InChI is InChI=1S/C14H15BrN4O/c1-7-12(8(2)19(3)18-7)17-13-11-9(15)5-4-6-10(11)16-14(13)20/h4-6,13,17H,1-3H3,(H,16,20). The van der Waals surface area contributed by atoms with Crippen molar-refractivity contribution in [3.8, 4) is 0 Å². The number of anilines is 2. The number of carbonyl (C=O) groups excluding carboxylic acids is 1. The van der Waals surface area contributed by atoms with Crippen LogP contribution in [0.25, 0.3) is 0 Å². The molecule has 1 aromatic heterocycles. The maximum absolute atomic E-state index is 12.2. The number of halogens is 1. The molecule has 104 valence electrons. The number of fused-ring (bicyclic) bond motifs is 1.